The zero-order valence-corrected chi connectivity index (χ0v) is 9.51. The Balaban J connectivity index is 2.20. The minimum Gasteiger partial charge on any atom is -0.410 e. The van der Waals surface area contributed by atoms with E-state index >= 15 is 0 Å². The van der Waals surface area contributed by atoms with Gasteiger partial charge in [0.05, 0.1) is 5.69 Å². The van der Waals surface area contributed by atoms with E-state index in [1.165, 1.54) is 0 Å². The normalized spacial score (nSPS) is 15.0. The van der Waals surface area contributed by atoms with Crippen LogP contribution in [-0.2, 0) is 0 Å². The molecule has 0 bridgehead atoms. The van der Waals surface area contributed by atoms with Gasteiger partial charge >= 0.3 is 0 Å². The summed E-state index contributed by atoms with van der Waals surface area (Å²) in [6.45, 7) is 0. The number of para-hydroxylation sites is 1. The van der Waals surface area contributed by atoms with Crippen LogP contribution in [0.5, 0.6) is 0 Å². The third-order valence-electron chi connectivity index (χ3n) is 3.49. The maximum atomic E-state index is 9.31. The van der Waals surface area contributed by atoms with Crippen molar-refractivity contribution in [2.45, 2.75) is 0 Å². The van der Waals surface area contributed by atoms with Crippen LogP contribution in [0.15, 0.2) is 53.7 Å². The Hall–Kier alpha value is -2.55. The number of hydrogen-bond donors (Lipinski definition) is 2. The lowest BCUT2D eigenvalue weighted by atomic mass is 10.1. The quantitative estimate of drug-likeness (QED) is 0.355. The molecule has 1 aromatic heterocycles. The molecule has 0 spiro atoms. The van der Waals surface area contributed by atoms with E-state index in [2.05, 4.69) is 10.1 Å². The number of aromatic nitrogens is 1. The largest absolute Gasteiger partial charge is 0.410 e. The van der Waals surface area contributed by atoms with Crippen LogP contribution < -0.4 is 0 Å². The summed E-state index contributed by atoms with van der Waals surface area (Å²) in [4.78, 5) is 3.40. The predicted octanol–water partition coefficient (Wildman–Crippen LogP) is 3.37. The second kappa shape index (κ2) is 3.23. The van der Waals surface area contributed by atoms with Crippen molar-refractivity contribution in [2.75, 3.05) is 0 Å². The molecule has 3 aromatic rings. The Morgan fingerprint density at radius 3 is 2.44 bits per heavy atom. The molecule has 0 saturated carbocycles. The fourth-order valence-corrected chi connectivity index (χ4v) is 2.74. The molecular formula is C15H10N2O. The Morgan fingerprint density at radius 2 is 1.61 bits per heavy atom. The molecule has 86 valence electrons. The lowest BCUT2D eigenvalue weighted by molar-refractivity contribution is 0.320. The van der Waals surface area contributed by atoms with E-state index in [-0.39, 0.29) is 0 Å². The maximum Gasteiger partial charge on any atom is 0.120 e. The second-order valence-corrected chi connectivity index (χ2v) is 4.41. The van der Waals surface area contributed by atoms with E-state index in [0.717, 1.165) is 33.3 Å². The number of nitrogens with zero attached hydrogens (tertiary/aromatic N) is 1. The summed E-state index contributed by atoms with van der Waals surface area (Å²) in [6, 6.07) is 16.0. The van der Waals surface area contributed by atoms with Gasteiger partial charge in [-0.2, -0.15) is 0 Å². The first-order valence-corrected chi connectivity index (χ1v) is 5.83. The van der Waals surface area contributed by atoms with Crippen molar-refractivity contribution in [1.82, 2.24) is 4.98 Å². The molecule has 3 nitrogen and oxygen atoms in total. The molecule has 1 aliphatic carbocycles. The number of oxime groups is 1. The number of aromatic amines is 1. The smallest absolute Gasteiger partial charge is 0.120 e. The monoisotopic (exact) mass is 234 g/mol. The molecule has 1 heterocycles. The maximum absolute atomic E-state index is 9.31. The molecular weight excluding hydrogens is 224 g/mol. The van der Waals surface area contributed by atoms with Gasteiger partial charge in [0.2, 0.25) is 0 Å². The molecule has 0 amide bonds. The van der Waals surface area contributed by atoms with Crippen molar-refractivity contribution in [3.05, 3.63) is 59.7 Å². The summed E-state index contributed by atoms with van der Waals surface area (Å²) < 4.78 is 0. The highest BCUT2D eigenvalue weighted by Gasteiger charge is 2.28. The van der Waals surface area contributed by atoms with Gasteiger partial charge in [-0.25, -0.2) is 0 Å². The van der Waals surface area contributed by atoms with Crippen LogP contribution in [0, 0.1) is 0 Å². The third-order valence-corrected chi connectivity index (χ3v) is 3.49. The van der Waals surface area contributed by atoms with Crippen molar-refractivity contribution < 1.29 is 5.21 Å². The SMILES string of the molecule is O/N=C1/c2ccccc2-c2[nH]c3ccccc3c21. The van der Waals surface area contributed by atoms with Gasteiger partial charge in [-0.3, -0.25) is 0 Å². The van der Waals surface area contributed by atoms with Crippen LogP contribution in [0.1, 0.15) is 11.1 Å². The highest BCUT2D eigenvalue weighted by Crippen LogP contribution is 2.40. The van der Waals surface area contributed by atoms with Gasteiger partial charge in [0.25, 0.3) is 0 Å². The Bertz CT molecular complexity index is 799. The van der Waals surface area contributed by atoms with Crippen LogP contribution in [0.2, 0.25) is 0 Å². The van der Waals surface area contributed by atoms with Crippen LogP contribution >= 0.6 is 0 Å². The van der Waals surface area contributed by atoms with Crippen LogP contribution in [0.3, 0.4) is 0 Å². The molecule has 0 unspecified atom stereocenters. The predicted molar refractivity (Wildman–Crippen MR) is 71.2 cm³/mol. The topological polar surface area (TPSA) is 48.4 Å². The van der Waals surface area contributed by atoms with Gasteiger partial charge in [-0.15, -0.1) is 0 Å². The molecule has 0 radical (unpaired) electrons. The Labute approximate surface area is 103 Å². The summed E-state index contributed by atoms with van der Waals surface area (Å²) in [5.41, 5.74) is 5.83. The summed E-state index contributed by atoms with van der Waals surface area (Å²) >= 11 is 0. The molecule has 0 aliphatic heterocycles. The standard InChI is InChI=1S/C15H10N2O/c18-17-15-10-6-2-1-5-9(10)14-13(15)11-7-3-4-8-12(11)16-14/h1-8,16,18H/b17-15-. The van der Waals surface area contributed by atoms with E-state index in [4.69, 9.17) is 0 Å². The highest BCUT2D eigenvalue weighted by molar-refractivity contribution is 6.29. The molecule has 0 atom stereocenters. The number of nitrogens with one attached hydrogen (secondary N) is 1. The van der Waals surface area contributed by atoms with E-state index < -0.39 is 0 Å². The van der Waals surface area contributed by atoms with Crippen molar-refractivity contribution in [3.8, 4) is 11.3 Å². The molecule has 2 aromatic carbocycles. The lowest BCUT2D eigenvalue weighted by Crippen LogP contribution is -1.97. The van der Waals surface area contributed by atoms with Crippen molar-refractivity contribution >= 4 is 16.6 Å². The van der Waals surface area contributed by atoms with Crippen LogP contribution in [-0.4, -0.2) is 15.9 Å². The molecule has 3 heteroatoms. The van der Waals surface area contributed by atoms with Crippen LogP contribution in [0.25, 0.3) is 22.2 Å². The van der Waals surface area contributed by atoms with Gasteiger partial charge in [-0.1, -0.05) is 47.6 Å². The van der Waals surface area contributed by atoms with E-state index in [9.17, 15) is 5.21 Å². The minimum absolute atomic E-state index is 0.651. The van der Waals surface area contributed by atoms with E-state index in [0.29, 0.717) is 5.71 Å². The fourth-order valence-electron chi connectivity index (χ4n) is 2.74. The molecule has 1 aliphatic rings. The summed E-state index contributed by atoms with van der Waals surface area (Å²) in [5.74, 6) is 0. The fraction of sp³-hybridized carbons (Fsp3) is 0. The molecule has 2 N–H and O–H groups in total. The zero-order valence-electron chi connectivity index (χ0n) is 9.51. The lowest BCUT2D eigenvalue weighted by Gasteiger charge is -1.99. The second-order valence-electron chi connectivity index (χ2n) is 4.41. The van der Waals surface area contributed by atoms with Gasteiger partial charge < -0.3 is 10.2 Å². The number of fused-ring (bicyclic) bond motifs is 5. The first-order valence-electron chi connectivity index (χ1n) is 5.83. The first-order chi connectivity index (χ1) is 8.90. The van der Waals surface area contributed by atoms with E-state index in [1.807, 2.05) is 48.5 Å². The zero-order chi connectivity index (χ0) is 12.1. The number of benzene rings is 2. The number of hydrogen-bond acceptors (Lipinski definition) is 2. The summed E-state index contributed by atoms with van der Waals surface area (Å²) in [5, 5.41) is 13.9. The molecule has 0 fully saturated rings. The average molecular weight is 234 g/mol. The Morgan fingerprint density at radius 1 is 0.889 bits per heavy atom. The minimum atomic E-state index is 0.651. The molecule has 0 saturated heterocycles. The summed E-state index contributed by atoms with van der Waals surface area (Å²) in [7, 11) is 0. The summed E-state index contributed by atoms with van der Waals surface area (Å²) in [6.07, 6.45) is 0. The van der Waals surface area contributed by atoms with Crippen molar-refractivity contribution in [3.63, 3.8) is 0 Å². The van der Waals surface area contributed by atoms with Crippen molar-refractivity contribution in [2.24, 2.45) is 5.16 Å². The van der Waals surface area contributed by atoms with Gasteiger partial charge in [0.15, 0.2) is 0 Å². The third kappa shape index (κ3) is 1.01. The van der Waals surface area contributed by atoms with Gasteiger partial charge in [-0.05, 0) is 6.07 Å². The molecule has 18 heavy (non-hydrogen) atoms. The van der Waals surface area contributed by atoms with Crippen LogP contribution in [0.4, 0.5) is 0 Å². The number of H-pyrrole nitrogens is 1. The first kappa shape index (κ1) is 9.48. The van der Waals surface area contributed by atoms with Gasteiger partial charge in [0, 0.05) is 27.6 Å². The average Bonchev–Trinajstić information content (AvgIpc) is 2.93. The van der Waals surface area contributed by atoms with E-state index in [1.54, 1.807) is 0 Å². The highest BCUT2D eigenvalue weighted by atomic mass is 16.4. The number of rotatable bonds is 0. The van der Waals surface area contributed by atoms with Gasteiger partial charge in [0.1, 0.15) is 5.71 Å². The molecule has 4 rings (SSSR count). The Kier molecular flexibility index (Phi) is 1.70. The van der Waals surface area contributed by atoms with Crippen molar-refractivity contribution in [1.29, 1.82) is 0 Å².